The molecule has 3 aromatic carbocycles. The third kappa shape index (κ3) is 3.95. The van der Waals surface area contributed by atoms with Crippen LogP contribution in [0.2, 0.25) is 0 Å². The molecule has 2 aliphatic rings. The number of nitrogens with zero attached hydrogens (tertiary/aromatic N) is 1. The number of aryl methyl sites for hydroxylation is 1. The van der Waals surface area contributed by atoms with Gasteiger partial charge in [-0.1, -0.05) is 74.0 Å². The molecule has 5 nitrogen and oxygen atoms in total. The fourth-order valence-corrected chi connectivity index (χ4v) is 5.33. The summed E-state index contributed by atoms with van der Waals surface area (Å²) in [5.74, 6) is 1.45. The molecule has 35 heavy (non-hydrogen) atoms. The molecule has 2 aliphatic heterocycles. The Kier molecular flexibility index (Phi) is 5.79. The van der Waals surface area contributed by atoms with Crippen LogP contribution in [0.5, 0.6) is 11.5 Å². The average molecular weight is 469 g/mol. The van der Waals surface area contributed by atoms with Gasteiger partial charge in [-0.15, -0.1) is 0 Å². The molecule has 1 N–H and O–H groups in total. The predicted molar refractivity (Wildman–Crippen MR) is 140 cm³/mol. The Hall–Kier alpha value is -3.73. The highest BCUT2D eigenvalue weighted by Gasteiger charge is 2.57. The number of amides is 1. The number of carbonyl (C=O) groups is 1. The summed E-state index contributed by atoms with van der Waals surface area (Å²) in [6, 6.07) is 22.6. The van der Waals surface area contributed by atoms with Gasteiger partial charge in [0.1, 0.15) is 12.3 Å². The molecule has 3 aromatic rings. The Morgan fingerprint density at radius 1 is 1.03 bits per heavy atom. The number of carbonyl (C=O) groups excluding carboxylic acids is 1. The van der Waals surface area contributed by atoms with E-state index in [0.717, 1.165) is 11.1 Å². The number of ether oxygens (including phenoxy) is 2. The van der Waals surface area contributed by atoms with Crippen molar-refractivity contribution in [2.45, 2.75) is 44.9 Å². The molecule has 180 valence electrons. The van der Waals surface area contributed by atoms with Gasteiger partial charge < -0.3 is 19.7 Å². The largest absolute Gasteiger partial charge is 0.493 e. The zero-order valence-electron chi connectivity index (χ0n) is 20.8. The normalized spacial score (nSPS) is 20.3. The molecule has 1 amide bonds. The van der Waals surface area contributed by atoms with Gasteiger partial charge in [0.05, 0.1) is 7.11 Å². The van der Waals surface area contributed by atoms with Crippen molar-refractivity contribution in [2.24, 2.45) is 0 Å². The number of fused-ring (bicyclic) bond motifs is 3. The van der Waals surface area contributed by atoms with E-state index in [1.807, 2.05) is 48.5 Å². The van der Waals surface area contributed by atoms with Gasteiger partial charge >= 0.3 is 0 Å². The second-order valence-electron chi connectivity index (χ2n) is 9.88. The van der Waals surface area contributed by atoms with Crippen molar-refractivity contribution in [3.8, 4) is 11.5 Å². The van der Waals surface area contributed by atoms with Gasteiger partial charge in [-0.3, -0.25) is 4.79 Å². The first-order chi connectivity index (χ1) is 16.8. The Morgan fingerprint density at radius 2 is 1.83 bits per heavy atom. The summed E-state index contributed by atoms with van der Waals surface area (Å²) in [5, 5.41) is 3.34. The van der Waals surface area contributed by atoms with E-state index in [-0.39, 0.29) is 11.3 Å². The molecule has 0 aromatic heterocycles. The van der Waals surface area contributed by atoms with Crippen LogP contribution in [0, 0.1) is 6.92 Å². The first-order valence-electron chi connectivity index (χ1n) is 12.1. The van der Waals surface area contributed by atoms with Gasteiger partial charge in [0, 0.05) is 24.1 Å². The van der Waals surface area contributed by atoms with E-state index >= 15 is 0 Å². The summed E-state index contributed by atoms with van der Waals surface area (Å²) in [6.07, 6.45) is 4.70. The van der Waals surface area contributed by atoms with Crippen LogP contribution in [0.25, 0.3) is 6.08 Å². The summed E-state index contributed by atoms with van der Waals surface area (Å²) < 4.78 is 11.7. The number of nitrogens with one attached hydrogen (secondary N) is 1. The molecule has 1 unspecified atom stereocenters. The van der Waals surface area contributed by atoms with Crippen molar-refractivity contribution >= 4 is 17.7 Å². The fraction of sp³-hybridized carbons (Fsp3) is 0.300. The van der Waals surface area contributed by atoms with Crippen molar-refractivity contribution in [1.29, 1.82) is 0 Å². The molecular weight excluding hydrogens is 436 g/mol. The number of anilines is 1. The number of methoxy groups -OCH3 is 1. The molecule has 1 saturated heterocycles. The molecule has 2 heterocycles. The number of hydrogen-bond donors (Lipinski definition) is 1. The van der Waals surface area contributed by atoms with Gasteiger partial charge in [-0.05, 0) is 47.9 Å². The van der Waals surface area contributed by atoms with Gasteiger partial charge in [-0.25, -0.2) is 0 Å². The monoisotopic (exact) mass is 468 g/mol. The maximum atomic E-state index is 12.7. The standard InChI is InChI=1S/C30H32N2O3/c1-21-10-12-25-24(18-21)29(2,3)30(31-28(33)15-17-32(25)30)16-14-22-11-13-26(27(19-22)34-4)35-20-23-8-6-5-7-9-23/h5-14,16,18-19H,15,17,20H2,1-4H3,(H,31,33). The first-order valence-corrected chi connectivity index (χ1v) is 12.1. The van der Waals surface area contributed by atoms with E-state index in [2.05, 4.69) is 61.3 Å². The van der Waals surface area contributed by atoms with E-state index in [1.165, 1.54) is 16.8 Å². The molecule has 0 saturated carbocycles. The number of rotatable bonds is 6. The first kappa shape index (κ1) is 23.0. The van der Waals surface area contributed by atoms with Crippen molar-refractivity contribution < 1.29 is 14.3 Å². The van der Waals surface area contributed by atoms with Gasteiger partial charge in [-0.2, -0.15) is 0 Å². The second kappa shape index (κ2) is 8.81. The number of hydrogen-bond acceptors (Lipinski definition) is 4. The lowest BCUT2D eigenvalue weighted by atomic mass is 9.74. The van der Waals surface area contributed by atoms with Crippen LogP contribution in [-0.4, -0.2) is 25.2 Å². The van der Waals surface area contributed by atoms with Gasteiger partial charge in [0.25, 0.3) is 0 Å². The minimum Gasteiger partial charge on any atom is -0.493 e. The average Bonchev–Trinajstić information content (AvgIpc) is 3.05. The summed E-state index contributed by atoms with van der Waals surface area (Å²) in [7, 11) is 1.65. The van der Waals surface area contributed by atoms with Gasteiger partial charge in [0.2, 0.25) is 5.91 Å². The Bertz CT molecular complexity index is 1280. The van der Waals surface area contributed by atoms with Crippen molar-refractivity contribution in [1.82, 2.24) is 5.32 Å². The molecular formula is C30H32N2O3. The van der Waals surface area contributed by atoms with E-state index in [4.69, 9.17) is 9.47 Å². The molecule has 1 atom stereocenters. The quantitative estimate of drug-likeness (QED) is 0.511. The zero-order valence-corrected chi connectivity index (χ0v) is 20.8. The number of benzene rings is 3. The van der Waals surface area contributed by atoms with Crippen LogP contribution in [0.15, 0.2) is 72.8 Å². The highest BCUT2D eigenvalue weighted by Crippen LogP contribution is 2.52. The van der Waals surface area contributed by atoms with E-state index in [0.29, 0.717) is 31.1 Å². The Balaban J connectivity index is 1.46. The lowest BCUT2D eigenvalue weighted by Gasteiger charge is -2.49. The lowest BCUT2D eigenvalue weighted by Crippen LogP contribution is -2.68. The van der Waals surface area contributed by atoms with Crippen LogP contribution >= 0.6 is 0 Å². The summed E-state index contributed by atoms with van der Waals surface area (Å²) in [4.78, 5) is 15.0. The van der Waals surface area contributed by atoms with Crippen LogP contribution in [0.4, 0.5) is 5.69 Å². The Morgan fingerprint density at radius 3 is 2.60 bits per heavy atom. The maximum absolute atomic E-state index is 12.7. The zero-order chi connectivity index (χ0) is 24.6. The minimum absolute atomic E-state index is 0.0748. The molecule has 1 fully saturated rings. The molecule has 5 heteroatoms. The van der Waals surface area contributed by atoms with E-state index in [1.54, 1.807) is 7.11 Å². The third-order valence-electron chi connectivity index (χ3n) is 7.33. The highest BCUT2D eigenvalue weighted by molar-refractivity contribution is 5.84. The van der Waals surface area contributed by atoms with Crippen molar-refractivity contribution in [2.75, 3.05) is 18.6 Å². The summed E-state index contributed by atoms with van der Waals surface area (Å²) >= 11 is 0. The van der Waals surface area contributed by atoms with Crippen molar-refractivity contribution in [3.63, 3.8) is 0 Å². The SMILES string of the molecule is COc1cc(C=CC23NC(=O)CCN2c2ccc(C)cc2C3(C)C)ccc1OCc1ccccc1. The third-order valence-corrected chi connectivity index (χ3v) is 7.33. The predicted octanol–water partition coefficient (Wildman–Crippen LogP) is 5.61. The maximum Gasteiger partial charge on any atom is 0.223 e. The second-order valence-corrected chi connectivity index (χ2v) is 9.88. The molecule has 0 aliphatic carbocycles. The van der Waals surface area contributed by atoms with E-state index in [9.17, 15) is 4.79 Å². The van der Waals surface area contributed by atoms with Crippen LogP contribution in [-0.2, 0) is 16.8 Å². The fourth-order valence-electron chi connectivity index (χ4n) is 5.33. The molecule has 0 bridgehead atoms. The van der Waals surface area contributed by atoms with Crippen LogP contribution < -0.4 is 19.7 Å². The van der Waals surface area contributed by atoms with E-state index < -0.39 is 5.66 Å². The smallest absolute Gasteiger partial charge is 0.223 e. The van der Waals surface area contributed by atoms with Gasteiger partial charge in [0.15, 0.2) is 11.5 Å². The molecule has 5 rings (SSSR count). The topological polar surface area (TPSA) is 50.8 Å². The van der Waals surface area contributed by atoms with Crippen LogP contribution in [0.3, 0.4) is 0 Å². The lowest BCUT2D eigenvalue weighted by molar-refractivity contribution is -0.124. The molecule has 0 spiro atoms. The Labute approximate surface area is 207 Å². The molecule has 0 radical (unpaired) electrons. The minimum atomic E-state index is -0.645. The summed E-state index contributed by atoms with van der Waals surface area (Å²) in [5.41, 5.74) is 4.78. The highest BCUT2D eigenvalue weighted by atomic mass is 16.5. The summed E-state index contributed by atoms with van der Waals surface area (Å²) in [6.45, 7) is 7.70. The van der Waals surface area contributed by atoms with Crippen LogP contribution in [0.1, 0.15) is 42.5 Å². The van der Waals surface area contributed by atoms with Crippen molar-refractivity contribution in [3.05, 3.63) is 95.1 Å².